The lowest BCUT2D eigenvalue weighted by atomic mass is 10.2. The molecular weight excluding hydrogens is 118 g/mol. The summed E-state index contributed by atoms with van der Waals surface area (Å²) in [5.41, 5.74) is 11.5. The Hall–Kier alpha value is -0.770. The van der Waals surface area contributed by atoms with Crippen LogP contribution in [0.25, 0.3) is 0 Å². The van der Waals surface area contributed by atoms with Crippen molar-refractivity contribution in [3.63, 3.8) is 0 Å². The molecule has 0 aliphatic heterocycles. The second kappa shape index (κ2) is 5.37. The Kier molecular flexibility index (Phi) is 4.91. The van der Waals surface area contributed by atoms with Gasteiger partial charge in [-0.3, -0.25) is 4.79 Å². The molecule has 0 atom stereocenters. The maximum atomic E-state index is 10.5. The summed E-state index contributed by atoms with van der Waals surface area (Å²) >= 11 is 0. The highest BCUT2D eigenvalue weighted by Crippen LogP contribution is 1.87. The zero-order valence-electron chi connectivity index (χ0n) is 5.26. The molecule has 3 N–H and O–H groups in total. The lowest BCUT2D eigenvalue weighted by molar-refractivity contribution is -0.117. The Labute approximate surface area is 53.9 Å². The van der Waals surface area contributed by atoms with Gasteiger partial charge in [-0.25, -0.2) is 5.53 Å². The molecule has 4 nitrogen and oxygen atoms in total. The quantitative estimate of drug-likeness (QED) is 0.524. The smallest absolute Gasteiger partial charge is 0.156 e. The van der Waals surface area contributed by atoms with Gasteiger partial charge in [-0.1, -0.05) is 0 Å². The Morgan fingerprint density at radius 2 is 2.33 bits per heavy atom. The summed E-state index contributed by atoms with van der Waals surface area (Å²) in [6, 6.07) is 0. The standard InChI is InChI=1S/C5H11N3O/c6-3-1-2-5(9)4-8-7/h7H,1-4,6H2. The number of carbonyl (C=O) groups excluding carboxylic acids is 1. The van der Waals surface area contributed by atoms with Gasteiger partial charge in [0.15, 0.2) is 5.78 Å². The maximum Gasteiger partial charge on any atom is 0.156 e. The van der Waals surface area contributed by atoms with Crippen LogP contribution in [0.3, 0.4) is 0 Å². The number of hydrogen-bond acceptors (Lipinski definition) is 4. The van der Waals surface area contributed by atoms with Gasteiger partial charge < -0.3 is 5.73 Å². The molecule has 0 aliphatic carbocycles. The minimum absolute atomic E-state index is 0.00421. The first-order chi connectivity index (χ1) is 4.31. The highest BCUT2D eigenvalue weighted by atomic mass is 16.1. The van der Waals surface area contributed by atoms with Crippen molar-refractivity contribution in [2.45, 2.75) is 12.8 Å². The molecule has 0 bridgehead atoms. The third-order valence-corrected chi connectivity index (χ3v) is 0.915. The van der Waals surface area contributed by atoms with E-state index in [0.717, 1.165) is 0 Å². The first-order valence-corrected chi connectivity index (χ1v) is 2.86. The largest absolute Gasteiger partial charge is 0.330 e. The van der Waals surface area contributed by atoms with E-state index in [4.69, 9.17) is 11.3 Å². The van der Waals surface area contributed by atoms with Crippen LogP contribution in [0.5, 0.6) is 0 Å². The average molecular weight is 129 g/mol. The molecular formula is C5H11N3O. The van der Waals surface area contributed by atoms with E-state index in [-0.39, 0.29) is 12.3 Å². The molecule has 0 aromatic rings. The number of rotatable bonds is 5. The van der Waals surface area contributed by atoms with E-state index in [0.29, 0.717) is 19.4 Å². The number of hydrogen-bond donors (Lipinski definition) is 2. The van der Waals surface area contributed by atoms with Crippen molar-refractivity contribution in [2.75, 3.05) is 13.1 Å². The molecule has 4 heteroatoms. The first kappa shape index (κ1) is 8.23. The van der Waals surface area contributed by atoms with Crippen molar-refractivity contribution < 1.29 is 4.79 Å². The highest BCUT2D eigenvalue weighted by Gasteiger charge is 1.97. The zero-order chi connectivity index (χ0) is 7.11. The zero-order valence-corrected chi connectivity index (χ0v) is 5.26. The molecule has 0 amide bonds. The SMILES string of the molecule is N=NCC(=O)CCCN. The first-order valence-electron chi connectivity index (χ1n) is 2.86. The van der Waals surface area contributed by atoms with Crippen LogP contribution < -0.4 is 5.73 Å². The van der Waals surface area contributed by atoms with E-state index in [9.17, 15) is 4.79 Å². The molecule has 0 heterocycles. The molecule has 0 saturated heterocycles. The molecule has 0 rings (SSSR count). The van der Waals surface area contributed by atoms with Gasteiger partial charge in [0, 0.05) is 6.42 Å². The average Bonchev–Trinajstić information content (AvgIpc) is 1.85. The summed E-state index contributed by atoms with van der Waals surface area (Å²) in [7, 11) is 0. The summed E-state index contributed by atoms with van der Waals surface area (Å²) in [5, 5.41) is 2.95. The van der Waals surface area contributed by atoms with Crippen LogP contribution in [-0.2, 0) is 4.79 Å². The molecule has 0 fully saturated rings. The molecule has 0 radical (unpaired) electrons. The second-order valence-electron chi connectivity index (χ2n) is 1.75. The number of nitrogens with two attached hydrogens (primary N) is 1. The molecule has 52 valence electrons. The Morgan fingerprint density at radius 3 is 2.78 bits per heavy atom. The van der Waals surface area contributed by atoms with Crippen molar-refractivity contribution in [1.82, 2.24) is 0 Å². The van der Waals surface area contributed by atoms with Crippen LogP contribution in [0.2, 0.25) is 0 Å². The molecule has 0 saturated carbocycles. The Bertz CT molecular complexity index is 102. The van der Waals surface area contributed by atoms with Gasteiger partial charge in [-0.15, -0.1) is 0 Å². The summed E-state index contributed by atoms with van der Waals surface area (Å²) in [5.74, 6) is -0.00421. The van der Waals surface area contributed by atoms with Crippen LogP contribution in [0, 0.1) is 5.53 Å². The van der Waals surface area contributed by atoms with Gasteiger partial charge in [0.1, 0.15) is 6.54 Å². The summed E-state index contributed by atoms with van der Waals surface area (Å²) in [6.07, 6.45) is 1.16. The Balaban J connectivity index is 3.16. The normalized spacial score (nSPS) is 9.00. The van der Waals surface area contributed by atoms with E-state index in [1.54, 1.807) is 0 Å². The van der Waals surface area contributed by atoms with Crippen LogP contribution >= 0.6 is 0 Å². The number of nitrogens with one attached hydrogen (secondary N) is 1. The molecule has 0 spiro atoms. The fourth-order valence-electron chi connectivity index (χ4n) is 0.466. The predicted octanol–water partition coefficient (Wildman–Crippen LogP) is 0.325. The molecule has 0 aromatic heterocycles. The van der Waals surface area contributed by atoms with Crippen LogP contribution in [0.1, 0.15) is 12.8 Å². The van der Waals surface area contributed by atoms with Crippen molar-refractivity contribution in [1.29, 1.82) is 5.53 Å². The van der Waals surface area contributed by atoms with Crippen LogP contribution in [-0.4, -0.2) is 18.9 Å². The summed E-state index contributed by atoms with van der Waals surface area (Å²) in [6.45, 7) is 0.545. The minimum atomic E-state index is -0.00421. The lowest BCUT2D eigenvalue weighted by Crippen LogP contribution is -2.06. The Morgan fingerprint density at radius 1 is 1.67 bits per heavy atom. The molecule has 0 aliphatic rings. The van der Waals surface area contributed by atoms with Gasteiger partial charge in [-0.05, 0) is 13.0 Å². The third kappa shape index (κ3) is 5.10. The number of ketones is 1. The lowest BCUT2D eigenvalue weighted by Gasteiger charge is -1.91. The summed E-state index contributed by atoms with van der Waals surface area (Å²) < 4.78 is 0. The van der Waals surface area contributed by atoms with Gasteiger partial charge in [0.25, 0.3) is 0 Å². The van der Waals surface area contributed by atoms with Crippen molar-refractivity contribution >= 4 is 5.78 Å². The van der Waals surface area contributed by atoms with Crippen molar-refractivity contribution in [3.8, 4) is 0 Å². The topological polar surface area (TPSA) is 79.3 Å². The van der Waals surface area contributed by atoms with Crippen molar-refractivity contribution in [2.24, 2.45) is 10.8 Å². The number of Topliss-reactive ketones (excluding diaryl/α,β-unsaturated/α-hetero) is 1. The van der Waals surface area contributed by atoms with Gasteiger partial charge >= 0.3 is 0 Å². The predicted molar refractivity (Wildman–Crippen MR) is 33.3 cm³/mol. The van der Waals surface area contributed by atoms with Gasteiger partial charge in [0.2, 0.25) is 0 Å². The number of nitrogens with zero attached hydrogens (tertiary/aromatic N) is 1. The van der Waals surface area contributed by atoms with Crippen LogP contribution in [0.4, 0.5) is 0 Å². The summed E-state index contributed by atoms with van der Waals surface area (Å²) in [4.78, 5) is 10.5. The van der Waals surface area contributed by atoms with E-state index < -0.39 is 0 Å². The second-order valence-corrected chi connectivity index (χ2v) is 1.75. The van der Waals surface area contributed by atoms with E-state index in [1.807, 2.05) is 0 Å². The molecule has 0 unspecified atom stereocenters. The maximum absolute atomic E-state index is 10.5. The van der Waals surface area contributed by atoms with E-state index >= 15 is 0 Å². The fourth-order valence-corrected chi connectivity index (χ4v) is 0.466. The highest BCUT2D eigenvalue weighted by molar-refractivity contribution is 5.80. The minimum Gasteiger partial charge on any atom is -0.330 e. The fraction of sp³-hybridized carbons (Fsp3) is 0.800. The van der Waals surface area contributed by atoms with Gasteiger partial charge in [0.05, 0.1) is 0 Å². The third-order valence-electron chi connectivity index (χ3n) is 0.915. The van der Waals surface area contributed by atoms with E-state index in [2.05, 4.69) is 5.11 Å². The van der Waals surface area contributed by atoms with Gasteiger partial charge in [-0.2, -0.15) is 5.11 Å². The molecule has 0 aromatic carbocycles. The van der Waals surface area contributed by atoms with Crippen molar-refractivity contribution in [3.05, 3.63) is 0 Å². The monoisotopic (exact) mass is 129 g/mol. The number of carbonyl (C=O) groups is 1. The van der Waals surface area contributed by atoms with Crippen LogP contribution in [0.15, 0.2) is 5.11 Å². The molecule has 9 heavy (non-hydrogen) atoms. The van der Waals surface area contributed by atoms with E-state index in [1.165, 1.54) is 0 Å².